The fraction of sp³-hybridized carbons (Fsp3) is 0.517. The summed E-state index contributed by atoms with van der Waals surface area (Å²) in [7, 11) is -4.45. The molecule has 5 rings (SSSR count). The Morgan fingerprint density at radius 3 is 2.11 bits per heavy atom. The molecule has 1 heterocycles. The third-order valence-electron chi connectivity index (χ3n) is 9.33. The minimum atomic E-state index is -6.34. The number of likely N-dealkylation sites (tertiary alicyclic amines) is 1. The summed E-state index contributed by atoms with van der Waals surface area (Å²) in [6.07, 6.45) is -11.9. The Labute approximate surface area is 262 Å². The Bertz CT molecular complexity index is 1560. The van der Waals surface area contributed by atoms with Gasteiger partial charge in [-0.3, -0.25) is 9.59 Å². The first-order chi connectivity index (χ1) is 20.4. The first-order valence-corrected chi connectivity index (χ1v) is 16.4. The highest BCUT2D eigenvalue weighted by Crippen LogP contribution is 2.57. The quantitative estimate of drug-likeness (QED) is 0.271. The molecule has 0 radical (unpaired) electrons. The molecule has 44 heavy (non-hydrogen) atoms. The van der Waals surface area contributed by atoms with Crippen LogP contribution in [0.15, 0.2) is 47.4 Å². The van der Waals surface area contributed by atoms with Crippen molar-refractivity contribution in [1.82, 2.24) is 4.90 Å². The molecule has 2 unspecified atom stereocenters. The second-order valence-corrected chi connectivity index (χ2v) is 15.1. The Balaban J connectivity index is 1.65. The van der Waals surface area contributed by atoms with Gasteiger partial charge in [0.1, 0.15) is 4.75 Å². The highest BCUT2D eigenvalue weighted by molar-refractivity contribution is 14.1. The maximum atomic E-state index is 15.0. The van der Waals surface area contributed by atoms with E-state index in [1.807, 2.05) is 22.6 Å². The summed E-state index contributed by atoms with van der Waals surface area (Å²) in [5.74, 6) is -2.90. The Kier molecular flexibility index (Phi) is 8.33. The van der Waals surface area contributed by atoms with Crippen LogP contribution < -0.4 is 0 Å². The van der Waals surface area contributed by atoms with E-state index in [-0.39, 0.29) is 48.3 Å². The van der Waals surface area contributed by atoms with Crippen LogP contribution in [0.1, 0.15) is 55.2 Å². The smallest absolute Gasteiger partial charge is 0.435 e. The average Bonchev–Trinajstić information content (AvgIpc) is 3.37. The summed E-state index contributed by atoms with van der Waals surface area (Å²) in [5.41, 5.74) is -7.65. The molecule has 2 aliphatic carbocycles. The standard InChI is InChI=1S/C29H27F7INO5S/c30-27(28(31,32)33,29(34,35)36)19-5-10-22-16(15-19)4-11-23-26(22,44(42,43)21-8-6-20(37)7-9-21)12-13-38(23)24(39)17-2-1-3-18(14-17)25(40)41/h5-10,15,17-18,23H,1-4,11-14H2,(H,40,41)/t17?,18?,23-,26-/m1/s1. The highest BCUT2D eigenvalue weighted by Gasteiger charge is 2.74. The van der Waals surface area contributed by atoms with Crippen LogP contribution in [-0.4, -0.2) is 55.2 Å². The summed E-state index contributed by atoms with van der Waals surface area (Å²) in [5, 5.41) is 9.50. The van der Waals surface area contributed by atoms with Crippen LogP contribution in [0.25, 0.3) is 0 Å². The maximum Gasteiger partial charge on any atom is 0.435 e. The van der Waals surface area contributed by atoms with E-state index in [0.29, 0.717) is 35.0 Å². The van der Waals surface area contributed by atoms with Crippen LogP contribution in [0.4, 0.5) is 30.7 Å². The number of carboxylic acid groups (broad SMARTS) is 1. The summed E-state index contributed by atoms with van der Waals surface area (Å²) < 4.78 is 124. The van der Waals surface area contributed by atoms with Gasteiger partial charge in [0.25, 0.3) is 0 Å². The van der Waals surface area contributed by atoms with Gasteiger partial charge in [-0.2, -0.15) is 26.3 Å². The van der Waals surface area contributed by atoms with Crippen LogP contribution in [0.2, 0.25) is 0 Å². The van der Waals surface area contributed by atoms with Crippen molar-refractivity contribution >= 4 is 44.3 Å². The van der Waals surface area contributed by atoms with Crippen LogP contribution in [-0.2, 0) is 36.3 Å². The van der Waals surface area contributed by atoms with E-state index in [2.05, 4.69) is 0 Å². The Morgan fingerprint density at radius 1 is 0.909 bits per heavy atom. The number of carboxylic acids is 1. The molecule has 1 amide bonds. The van der Waals surface area contributed by atoms with Crippen molar-refractivity contribution in [3.8, 4) is 0 Å². The maximum absolute atomic E-state index is 15.0. The molecular formula is C29H27F7INO5S. The number of hydrogen-bond acceptors (Lipinski definition) is 4. The van der Waals surface area contributed by atoms with Crippen LogP contribution in [0.5, 0.6) is 0 Å². The minimum absolute atomic E-state index is 0.0711. The third kappa shape index (κ3) is 4.99. The van der Waals surface area contributed by atoms with E-state index in [0.717, 1.165) is 6.07 Å². The van der Waals surface area contributed by atoms with Gasteiger partial charge in [0.2, 0.25) is 5.91 Å². The first kappa shape index (κ1) is 32.9. The lowest BCUT2D eigenvalue weighted by Gasteiger charge is -2.44. The van der Waals surface area contributed by atoms with Gasteiger partial charge >= 0.3 is 24.0 Å². The zero-order valence-corrected chi connectivity index (χ0v) is 25.9. The number of halogens is 8. The van der Waals surface area contributed by atoms with Gasteiger partial charge in [-0.05, 0) is 96.5 Å². The minimum Gasteiger partial charge on any atom is -0.481 e. The fourth-order valence-corrected chi connectivity index (χ4v) is 9.92. The molecule has 0 aromatic heterocycles. The number of carbonyl (C=O) groups excluding carboxylic acids is 1. The van der Waals surface area contributed by atoms with Crippen molar-refractivity contribution in [2.45, 2.75) is 78.7 Å². The number of aliphatic carboxylic acids is 1. The van der Waals surface area contributed by atoms with Gasteiger partial charge in [0.05, 0.1) is 16.9 Å². The van der Waals surface area contributed by atoms with Crippen molar-refractivity contribution < 1.29 is 53.8 Å². The Hall–Kier alpha value is -2.43. The van der Waals surface area contributed by atoms with Crippen molar-refractivity contribution in [1.29, 1.82) is 0 Å². The lowest BCUT2D eigenvalue weighted by molar-refractivity contribution is -0.348. The number of carbonyl (C=O) groups is 2. The normalized spacial score (nSPS) is 26.2. The van der Waals surface area contributed by atoms with Crippen molar-refractivity contribution in [3.05, 3.63) is 62.7 Å². The highest BCUT2D eigenvalue weighted by atomic mass is 127. The lowest BCUT2D eigenvalue weighted by atomic mass is 9.76. The molecule has 3 aliphatic rings. The van der Waals surface area contributed by atoms with E-state index in [1.165, 1.54) is 29.2 Å². The largest absolute Gasteiger partial charge is 0.481 e. The predicted octanol–water partition coefficient (Wildman–Crippen LogP) is 6.69. The molecular weight excluding hydrogens is 734 g/mol. The molecule has 0 spiro atoms. The topological polar surface area (TPSA) is 91.8 Å². The van der Waals surface area contributed by atoms with Gasteiger partial charge in [-0.15, -0.1) is 0 Å². The number of aryl methyl sites for hydroxylation is 1. The van der Waals surface area contributed by atoms with E-state index in [9.17, 15) is 49.5 Å². The molecule has 6 nitrogen and oxygen atoms in total. The van der Waals surface area contributed by atoms with Gasteiger partial charge < -0.3 is 10.0 Å². The molecule has 240 valence electrons. The van der Waals surface area contributed by atoms with E-state index in [1.54, 1.807) is 0 Å². The zero-order chi connectivity index (χ0) is 32.5. The summed E-state index contributed by atoms with van der Waals surface area (Å²) >= 11 is 1.97. The predicted molar refractivity (Wildman–Crippen MR) is 151 cm³/mol. The molecule has 2 aromatic rings. The van der Waals surface area contributed by atoms with Crippen LogP contribution in [0.3, 0.4) is 0 Å². The summed E-state index contributed by atoms with van der Waals surface area (Å²) in [4.78, 5) is 26.7. The molecule has 2 fully saturated rings. The molecule has 1 aliphatic heterocycles. The Morgan fingerprint density at radius 2 is 1.52 bits per heavy atom. The van der Waals surface area contributed by atoms with Crippen molar-refractivity contribution in [2.24, 2.45) is 11.8 Å². The first-order valence-electron chi connectivity index (χ1n) is 13.9. The number of fused-ring (bicyclic) bond motifs is 3. The number of rotatable bonds is 5. The molecule has 2 aromatic carbocycles. The van der Waals surface area contributed by atoms with Gasteiger partial charge in [-0.25, -0.2) is 12.8 Å². The SMILES string of the molecule is O=C(O)C1CCCC(C(=O)N2CC[C@@]3(S(=O)(=O)c4ccc(I)cc4)c4ccc(C(F)(C(F)(F)F)C(F)(F)F)cc4CC[C@@H]23)C1. The molecule has 4 atom stereocenters. The second-order valence-electron chi connectivity index (χ2n) is 11.6. The van der Waals surface area contributed by atoms with Crippen LogP contribution >= 0.6 is 22.6 Å². The van der Waals surface area contributed by atoms with Gasteiger partial charge in [-0.1, -0.05) is 24.6 Å². The van der Waals surface area contributed by atoms with E-state index in [4.69, 9.17) is 0 Å². The fourth-order valence-electron chi connectivity index (χ4n) is 7.19. The number of hydrogen-bond donors (Lipinski definition) is 1. The van der Waals surface area contributed by atoms with Crippen LogP contribution in [0, 0.1) is 15.4 Å². The summed E-state index contributed by atoms with van der Waals surface area (Å²) in [6.45, 7) is -0.0827. The van der Waals surface area contributed by atoms with Crippen molar-refractivity contribution in [2.75, 3.05) is 6.54 Å². The second kappa shape index (κ2) is 11.1. The number of alkyl halides is 7. The molecule has 15 heteroatoms. The molecule has 0 bridgehead atoms. The molecule has 1 saturated heterocycles. The number of benzene rings is 2. The van der Waals surface area contributed by atoms with Gasteiger partial charge in [0, 0.05) is 21.6 Å². The van der Waals surface area contributed by atoms with E-state index < -0.39 is 67.9 Å². The zero-order valence-electron chi connectivity index (χ0n) is 22.9. The number of nitrogens with zero attached hydrogens (tertiary/aromatic N) is 1. The average molecular weight is 761 g/mol. The van der Waals surface area contributed by atoms with Gasteiger partial charge in [0.15, 0.2) is 9.84 Å². The molecule has 1 saturated carbocycles. The van der Waals surface area contributed by atoms with E-state index >= 15 is 4.39 Å². The summed E-state index contributed by atoms with van der Waals surface area (Å²) in [6, 6.07) is 6.30. The van der Waals surface area contributed by atoms with Crippen molar-refractivity contribution in [3.63, 3.8) is 0 Å². The number of sulfone groups is 1. The monoisotopic (exact) mass is 761 g/mol. The third-order valence-corrected chi connectivity index (χ3v) is 12.6. The molecule has 1 N–H and O–H groups in total. The lowest BCUT2D eigenvalue weighted by Crippen LogP contribution is -2.54. The number of amides is 1.